The van der Waals surface area contributed by atoms with E-state index in [0.717, 1.165) is 61.4 Å². The van der Waals surface area contributed by atoms with Gasteiger partial charge in [0, 0.05) is 29.4 Å². The van der Waals surface area contributed by atoms with Crippen molar-refractivity contribution in [2.24, 2.45) is 5.92 Å². The van der Waals surface area contributed by atoms with E-state index < -0.39 is 23.5 Å². The van der Waals surface area contributed by atoms with E-state index in [9.17, 15) is 18.0 Å². The molecule has 3 aliphatic heterocycles. The molecule has 1 unspecified atom stereocenters. The van der Waals surface area contributed by atoms with Crippen LogP contribution in [0.4, 0.5) is 23.7 Å². The fourth-order valence-corrected chi connectivity index (χ4v) is 6.53. The molecule has 3 heterocycles. The van der Waals surface area contributed by atoms with Crippen LogP contribution in [0.5, 0.6) is 0 Å². The number of thioether (sulfide) groups is 1. The minimum atomic E-state index is -0.998. The lowest BCUT2D eigenvalue weighted by Gasteiger charge is -2.52. The van der Waals surface area contributed by atoms with Crippen molar-refractivity contribution in [2.45, 2.75) is 30.4 Å². The molecule has 6 rings (SSSR count). The average Bonchev–Trinajstić information content (AvgIpc) is 2.90. The minimum Gasteiger partial charge on any atom is -0.440 e. The highest BCUT2D eigenvalue weighted by atomic mass is 32.2. The largest absolute Gasteiger partial charge is 0.440 e. The highest BCUT2D eigenvalue weighted by molar-refractivity contribution is 7.99. The zero-order valence-corrected chi connectivity index (χ0v) is 21.3. The SMILES string of the molecule is O=C(OC1C[N+]2(CCSc3ccccc3)CCC1CC2)N(Cc1ccc(F)c(F)c1)c1cccc(F)c1. The molecule has 0 saturated carbocycles. The molecule has 4 nitrogen and oxygen atoms in total. The summed E-state index contributed by atoms with van der Waals surface area (Å²) >= 11 is 1.84. The number of nitrogens with zero attached hydrogens (tertiary/aromatic N) is 2. The maximum Gasteiger partial charge on any atom is 0.415 e. The average molecular weight is 528 g/mol. The van der Waals surface area contributed by atoms with E-state index in [1.165, 1.54) is 34.1 Å². The third-order valence-corrected chi connectivity index (χ3v) is 8.53. The Balaban J connectivity index is 1.28. The fraction of sp³-hybridized carbons (Fsp3) is 0.345. The van der Waals surface area contributed by atoms with Crippen molar-refractivity contribution in [1.82, 2.24) is 0 Å². The predicted molar refractivity (Wildman–Crippen MR) is 139 cm³/mol. The third-order valence-electron chi connectivity index (χ3n) is 7.54. The highest BCUT2D eigenvalue weighted by Gasteiger charge is 2.47. The molecule has 3 fully saturated rings. The molecule has 2 bridgehead atoms. The molecule has 8 heteroatoms. The molecule has 194 valence electrons. The topological polar surface area (TPSA) is 29.5 Å². The summed E-state index contributed by atoms with van der Waals surface area (Å²) in [5.74, 6) is -1.18. The summed E-state index contributed by atoms with van der Waals surface area (Å²) < 4.78 is 48.3. The number of fused-ring (bicyclic) bond motifs is 3. The van der Waals surface area contributed by atoms with E-state index in [2.05, 4.69) is 12.1 Å². The lowest BCUT2D eigenvalue weighted by Crippen LogP contribution is -2.65. The van der Waals surface area contributed by atoms with Crippen molar-refractivity contribution in [3.63, 3.8) is 0 Å². The number of quaternary nitrogens is 1. The number of anilines is 1. The molecule has 1 amide bonds. The van der Waals surface area contributed by atoms with Gasteiger partial charge in [-0.3, -0.25) is 4.90 Å². The predicted octanol–water partition coefficient (Wildman–Crippen LogP) is 6.65. The van der Waals surface area contributed by atoms with E-state index in [0.29, 0.717) is 17.2 Å². The summed E-state index contributed by atoms with van der Waals surface area (Å²) in [4.78, 5) is 16.0. The van der Waals surface area contributed by atoms with Crippen LogP contribution >= 0.6 is 11.8 Å². The van der Waals surface area contributed by atoms with Crippen molar-refractivity contribution < 1.29 is 27.2 Å². The molecule has 0 radical (unpaired) electrons. The highest BCUT2D eigenvalue weighted by Crippen LogP contribution is 2.37. The first-order chi connectivity index (χ1) is 17.9. The van der Waals surface area contributed by atoms with Gasteiger partial charge in [-0.2, -0.15) is 0 Å². The number of carbonyl (C=O) groups is 1. The van der Waals surface area contributed by atoms with Crippen LogP contribution in [0.15, 0.2) is 77.7 Å². The van der Waals surface area contributed by atoms with E-state index in [1.807, 2.05) is 30.0 Å². The van der Waals surface area contributed by atoms with Gasteiger partial charge in [-0.15, -0.1) is 11.8 Å². The number of ether oxygens (including phenoxy) is 1. The van der Waals surface area contributed by atoms with Gasteiger partial charge >= 0.3 is 6.09 Å². The van der Waals surface area contributed by atoms with Crippen LogP contribution in [0.25, 0.3) is 0 Å². The molecule has 0 aliphatic carbocycles. The van der Waals surface area contributed by atoms with Gasteiger partial charge in [0.05, 0.1) is 31.9 Å². The van der Waals surface area contributed by atoms with E-state index in [-0.39, 0.29) is 12.6 Å². The monoisotopic (exact) mass is 527 g/mol. The van der Waals surface area contributed by atoms with Crippen LogP contribution in [0, 0.1) is 23.4 Å². The van der Waals surface area contributed by atoms with Crippen molar-refractivity contribution >= 4 is 23.5 Å². The number of benzene rings is 3. The Kier molecular flexibility index (Phi) is 7.76. The lowest BCUT2D eigenvalue weighted by molar-refractivity contribution is -0.943. The summed E-state index contributed by atoms with van der Waals surface area (Å²) in [5.41, 5.74) is 0.689. The molecule has 0 spiro atoms. The van der Waals surface area contributed by atoms with Crippen LogP contribution in [0.2, 0.25) is 0 Å². The summed E-state index contributed by atoms with van der Waals surface area (Å²) in [6.45, 7) is 3.86. The second-order valence-electron chi connectivity index (χ2n) is 9.93. The summed E-state index contributed by atoms with van der Waals surface area (Å²) in [6, 6.07) is 19.5. The molecule has 3 aliphatic rings. The molecular weight excluding hydrogens is 497 g/mol. The Labute approximate surface area is 219 Å². The van der Waals surface area contributed by atoms with Gasteiger partial charge in [0.25, 0.3) is 0 Å². The molecule has 3 saturated heterocycles. The quantitative estimate of drug-likeness (QED) is 0.243. The molecule has 1 atom stereocenters. The van der Waals surface area contributed by atoms with Crippen LogP contribution in [-0.2, 0) is 11.3 Å². The van der Waals surface area contributed by atoms with Crippen molar-refractivity contribution in [3.8, 4) is 0 Å². The van der Waals surface area contributed by atoms with Crippen LogP contribution < -0.4 is 4.90 Å². The van der Waals surface area contributed by atoms with Crippen molar-refractivity contribution in [3.05, 3.63) is 95.8 Å². The Hall–Kier alpha value is -2.97. The van der Waals surface area contributed by atoms with Gasteiger partial charge in [0.1, 0.15) is 12.4 Å². The second-order valence-corrected chi connectivity index (χ2v) is 11.1. The van der Waals surface area contributed by atoms with Gasteiger partial charge in [-0.1, -0.05) is 30.3 Å². The van der Waals surface area contributed by atoms with Crippen LogP contribution in [-0.4, -0.2) is 48.6 Å². The third kappa shape index (κ3) is 6.13. The molecule has 0 N–H and O–H groups in total. The number of halogens is 3. The number of piperidine rings is 3. The summed E-state index contributed by atoms with van der Waals surface area (Å²) in [7, 11) is 0. The first-order valence-electron chi connectivity index (χ1n) is 12.6. The zero-order chi connectivity index (χ0) is 25.8. The van der Waals surface area contributed by atoms with Crippen LogP contribution in [0.1, 0.15) is 18.4 Å². The Morgan fingerprint density at radius 2 is 1.73 bits per heavy atom. The first-order valence-corrected chi connectivity index (χ1v) is 13.6. The Bertz CT molecular complexity index is 1230. The molecule has 3 aromatic rings. The van der Waals surface area contributed by atoms with Crippen LogP contribution in [0.3, 0.4) is 0 Å². The minimum absolute atomic E-state index is 0.0649. The van der Waals surface area contributed by atoms with Gasteiger partial charge in [0.2, 0.25) is 0 Å². The smallest absolute Gasteiger partial charge is 0.415 e. The number of amides is 1. The number of carbonyl (C=O) groups excluding carboxylic acids is 1. The molecule has 37 heavy (non-hydrogen) atoms. The maximum absolute atomic E-state index is 14.0. The first kappa shape index (κ1) is 25.7. The van der Waals surface area contributed by atoms with E-state index in [4.69, 9.17) is 4.74 Å². The number of rotatable bonds is 8. The van der Waals surface area contributed by atoms with Gasteiger partial charge in [0.15, 0.2) is 17.7 Å². The number of hydrogen-bond donors (Lipinski definition) is 0. The molecule has 0 aromatic heterocycles. The Morgan fingerprint density at radius 1 is 0.946 bits per heavy atom. The van der Waals surface area contributed by atoms with Crippen molar-refractivity contribution in [1.29, 1.82) is 0 Å². The normalized spacial score (nSPS) is 22.6. The maximum atomic E-state index is 14.0. The zero-order valence-electron chi connectivity index (χ0n) is 20.5. The van der Waals surface area contributed by atoms with Gasteiger partial charge < -0.3 is 9.22 Å². The number of hydrogen-bond acceptors (Lipinski definition) is 3. The fourth-order valence-electron chi connectivity index (χ4n) is 5.46. The van der Waals surface area contributed by atoms with Crippen molar-refractivity contribution in [2.75, 3.05) is 36.8 Å². The summed E-state index contributed by atoms with van der Waals surface area (Å²) in [6.07, 6.45) is 1.15. The van der Waals surface area contributed by atoms with Gasteiger partial charge in [-0.05, 0) is 48.0 Å². The van der Waals surface area contributed by atoms with E-state index in [1.54, 1.807) is 6.07 Å². The molecule has 3 aromatic carbocycles. The summed E-state index contributed by atoms with van der Waals surface area (Å²) in [5, 5.41) is 0. The standard InChI is InChI=1S/C29H30F3N2O2S/c30-23-5-4-6-24(18-23)33(19-21-9-10-26(31)27(32)17-21)29(35)36-28-20-34(13-11-22(28)12-14-34)15-16-37-25-7-2-1-3-8-25/h1-10,17-18,22,28H,11-16,19-20H2/q+1. The second kappa shape index (κ2) is 11.2. The molecular formula is C29H30F3N2O2S+. The van der Waals surface area contributed by atoms with E-state index >= 15 is 0 Å². The Morgan fingerprint density at radius 3 is 2.46 bits per heavy atom. The lowest BCUT2D eigenvalue weighted by atomic mass is 9.83. The van der Waals surface area contributed by atoms with Gasteiger partial charge in [-0.25, -0.2) is 18.0 Å².